The zero-order chi connectivity index (χ0) is 18.1. The molecule has 0 spiro atoms. The summed E-state index contributed by atoms with van der Waals surface area (Å²) in [5, 5.41) is 8.85. The van der Waals surface area contributed by atoms with E-state index in [2.05, 4.69) is 24.0 Å². The average Bonchev–Trinajstić information content (AvgIpc) is 2.56. The van der Waals surface area contributed by atoms with E-state index in [9.17, 15) is 4.79 Å². The second kappa shape index (κ2) is 10.4. The Morgan fingerprint density at radius 2 is 2.16 bits per heavy atom. The van der Waals surface area contributed by atoms with Crippen molar-refractivity contribution >= 4 is 5.97 Å². The van der Waals surface area contributed by atoms with E-state index in [-0.39, 0.29) is 12.6 Å². The maximum Gasteiger partial charge on any atom is 0.317 e. The molecule has 2 rings (SSSR count). The zero-order valence-corrected chi connectivity index (χ0v) is 15.3. The second-order valence-corrected chi connectivity index (χ2v) is 6.66. The van der Waals surface area contributed by atoms with Crippen molar-refractivity contribution in [2.24, 2.45) is 0 Å². The molecule has 1 atom stereocenters. The Balaban J connectivity index is 1.78. The van der Waals surface area contributed by atoms with E-state index in [0.717, 1.165) is 44.8 Å². The Morgan fingerprint density at radius 3 is 2.84 bits per heavy atom. The summed E-state index contributed by atoms with van der Waals surface area (Å²) in [7, 11) is 1.81. The van der Waals surface area contributed by atoms with Gasteiger partial charge in [-0.2, -0.15) is 0 Å². The van der Waals surface area contributed by atoms with Gasteiger partial charge in [0.25, 0.3) is 0 Å². The second-order valence-electron chi connectivity index (χ2n) is 6.66. The molecular weight excluding hydrogens is 320 g/mol. The number of nitrogens with zero attached hydrogens (tertiary/aromatic N) is 2. The molecule has 1 heterocycles. The van der Waals surface area contributed by atoms with Crippen molar-refractivity contribution < 1.29 is 19.4 Å². The van der Waals surface area contributed by atoms with Gasteiger partial charge >= 0.3 is 5.97 Å². The third-order valence-electron chi connectivity index (χ3n) is 4.24. The quantitative estimate of drug-likeness (QED) is 0.652. The van der Waals surface area contributed by atoms with Crippen LogP contribution in [0.1, 0.15) is 25.3 Å². The fraction of sp³-hybridized carbons (Fsp3) is 0.632. The lowest BCUT2D eigenvalue weighted by Gasteiger charge is -2.34. The van der Waals surface area contributed by atoms with Gasteiger partial charge in [0.05, 0.1) is 25.9 Å². The van der Waals surface area contributed by atoms with Gasteiger partial charge < -0.3 is 14.6 Å². The first kappa shape index (κ1) is 19.7. The van der Waals surface area contributed by atoms with Gasteiger partial charge in [-0.15, -0.1) is 0 Å². The van der Waals surface area contributed by atoms with Gasteiger partial charge in [-0.25, -0.2) is 0 Å². The van der Waals surface area contributed by atoms with E-state index in [1.807, 2.05) is 19.2 Å². The molecule has 0 aliphatic carbocycles. The molecule has 0 saturated carbocycles. The predicted octanol–water partition coefficient (Wildman–Crippen LogP) is 2.08. The SMILES string of the molecule is CCCCOc1ccc(CN2CCOC(CN(C)CC(=O)O)C2)cc1. The van der Waals surface area contributed by atoms with Crippen LogP contribution in [0.25, 0.3) is 0 Å². The Kier molecular flexibility index (Phi) is 8.18. The van der Waals surface area contributed by atoms with E-state index >= 15 is 0 Å². The summed E-state index contributed by atoms with van der Waals surface area (Å²) in [6.07, 6.45) is 2.26. The summed E-state index contributed by atoms with van der Waals surface area (Å²) in [5.41, 5.74) is 1.25. The highest BCUT2D eigenvalue weighted by molar-refractivity contribution is 5.69. The standard InChI is InChI=1S/C19H30N2O4/c1-3-4-10-24-17-7-5-16(6-8-17)12-21-9-11-25-18(14-21)13-20(2)15-19(22)23/h5-8,18H,3-4,9-15H2,1-2H3,(H,22,23). The molecule has 0 bridgehead atoms. The average molecular weight is 350 g/mol. The lowest BCUT2D eigenvalue weighted by Crippen LogP contribution is -2.47. The third-order valence-corrected chi connectivity index (χ3v) is 4.24. The molecule has 1 aliphatic rings. The van der Waals surface area contributed by atoms with Crippen LogP contribution in [-0.2, 0) is 16.1 Å². The molecule has 25 heavy (non-hydrogen) atoms. The highest BCUT2D eigenvalue weighted by atomic mass is 16.5. The minimum Gasteiger partial charge on any atom is -0.494 e. The number of unbranched alkanes of at least 4 members (excludes halogenated alkanes) is 1. The van der Waals surface area contributed by atoms with Crippen LogP contribution in [0, 0.1) is 0 Å². The Morgan fingerprint density at radius 1 is 1.40 bits per heavy atom. The monoisotopic (exact) mass is 350 g/mol. The first-order valence-electron chi connectivity index (χ1n) is 9.03. The number of aliphatic carboxylic acids is 1. The molecule has 1 N–H and O–H groups in total. The lowest BCUT2D eigenvalue weighted by molar-refractivity contribution is -0.138. The van der Waals surface area contributed by atoms with Crippen LogP contribution in [-0.4, -0.2) is 73.4 Å². The van der Waals surface area contributed by atoms with Gasteiger partial charge in [0.1, 0.15) is 5.75 Å². The first-order chi connectivity index (χ1) is 12.1. The molecule has 1 saturated heterocycles. The van der Waals surface area contributed by atoms with Crippen LogP contribution in [0.2, 0.25) is 0 Å². The summed E-state index contributed by atoms with van der Waals surface area (Å²) in [6, 6.07) is 8.29. The summed E-state index contributed by atoms with van der Waals surface area (Å²) < 4.78 is 11.5. The number of carboxylic acids is 1. The van der Waals surface area contributed by atoms with Gasteiger partial charge in [-0.3, -0.25) is 14.6 Å². The fourth-order valence-electron chi connectivity index (χ4n) is 2.96. The van der Waals surface area contributed by atoms with E-state index in [1.54, 1.807) is 4.90 Å². The number of ether oxygens (including phenoxy) is 2. The minimum atomic E-state index is -0.809. The third kappa shape index (κ3) is 7.42. The van der Waals surface area contributed by atoms with Gasteiger partial charge in [-0.05, 0) is 31.2 Å². The topological polar surface area (TPSA) is 62.2 Å². The Bertz CT molecular complexity index is 521. The molecule has 0 radical (unpaired) electrons. The number of morpholine rings is 1. The van der Waals surface area contributed by atoms with Crippen LogP contribution >= 0.6 is 0 Å². The van der Waals surface area contributed by atoms with Crippen molar-refractivity contribution in [2.45, 2.75) is 32.4 Å². The Hall–Kier alpha value is -1.63. The minimum absolute atomic E-state index is 0.0410. The van der Waals surface area contributed by atoms with Crippen LogP contribution in [0.5, 0.6) is 5.75 Å². The molecule has 6 heteroatoms. The molecule has 140 valence electrons. The van der Waals surface area contributed by atoms with Crippen molar-refractivity contribution in [3.63, 3.8) is 0 Å². The number of carbonyl (C=O) groups is 1. The van der Waals surface area contributed by atoms with Crippen LogP contribution in [0.3, 0.4) is 0 Å². The number of hydrogen-bond donors (Lipinski definition) is 1. The molecule has 6 nitrogen and oxygen atoms in total. The molecule has 1 aliphatic heterocycles. The largest absolute Gasteiger partial charge is 0.494 e. The van der Waals surface area contributed by atoms with Gasteiger partial charge in [-0.1, -0.05) is 25.5 Å². The van der Waals surface area contributed by atoms with Gasteiger partial charge in [0, 0.05) is 26.2 Å². The molecule has 1 fully saturated rings. The number of likely N-dealkylation sites (N-methyl/N-ethyl adjacent to an activating group) is 1. The lowest BCUT2D eigenvalue weighted by atomic mass is 10.1. The fourth-order valence-corrected chi connectivity index (χ4v) is 2.96. The highest BCUT2D eigenvalue weighted by Crippen LogP contribution is 2.16. The smallest absolute Gasteiger partial charge is 0.317 e. The summed E-state index contributed by atoms with van der Waals surface area (Å²) in [4.78, 5) is 14.9. The first-order valence-corrected chi connectivity index (χ1v) is 9.03. The highest BCUT2D eigenvalue weighted by Gasteiger charge is 2.22. The summed E-state index contributed by atoms with van der Waals surface area (Å²) >= 11 is 0. The number of rotatable bonds is 10. The van der Waals surface area contributed by atoms with Gasteiger partial charge in [0.15, 0.2) is 0 Å². The number of hydrogen-bond acceptors (Lipinski definition) is 5. The molecule has 0 aromatic heterocycles. The predicted molar refractivity (Wildman–Crippen MR) is 97.0 cm³/mol. The van der Waals surface area contributed by atoms with Crippen LogP contribution in [0.4, 0.5) is 0 Å². The number of benzene rings is 1. The summed E-state index contributed by atoms with van der Waals surface area (Å²) in [6.45, 7) is 6.87. The van der Waals surface area contributed by atoms with Gasteiger partial charge in [0.2, 0.25) is 0 Å². The maximum absolute atomic E-state index is 10.8. The number of carboxylic acid groups (broad SMARTS) is 1. The van der Waals surface area contributed by atoms with Crippen molar-refractivity contribution in [1.82, 2.24) is 9.80 Å². The summed E-state index contributed by atoms with van der Waals surface area (Å²) in [5.74, 6) is 0.115. The van der Waals surface area contributed by atoms with E-state index in [0.29, 0.717) is 13.2 Å². The molecule has 1 unspecified atom stereocenters. The zero-order valence-electron chi connectivity index (χ0n) is 15.3. The molecule has 1 aromatic carbocycles. The molecular formula is C19H30N2O4. The van der Waals surface area contributed by atoms with Crippen LogP contribution < -0.4 is 4.74 Å². The van der Waals surface area contributed by atoms with Crippen molar-refractivity contribution in [1.29, 1.82) is 0 Å². The van der Waals surface area contributed by atoms with Crippen molar-refractivity contribution in [2.75, 3.05) is 46.4 Å². The van der Waals surface area contributed by atoms with E-state index in [1.165, 1.54) is 5.56 Å². The van der Waals surface area contributed by atoms with E-state index in [4.69, 9.17) is 14.6 Å². The van der Waals surface area contributed by atoms with Crippen molar-refractivity contribution in [3.8, 4) is 5.75 Å². The van der Waals surface area contributed by atoms with E-state index < -0.39 is 5.97 Å². The normalized spacial score (nSPS) is 18.4. The van der Waals surface area contributed by atoms with Crippen molar-refractivity contribution in [3.05, 3.63) is 29.8 Å². The maximum atomic E-state index is 10.8. The van der Waals surface area contributed by atoms with Crippen LogP contribution in [0.15, 0.2) is 24.3 Å². The Labute approximate surface area is 150 Å². The molecule has 0 amide bonds. The molecule has 1 aromatic rings.